The number of benzene rings is 1. The second-order valence-corrected chi connectivity index (χ2v) is 7.83. The van der Waals surface area contributed by atoms with Crippen molar-refractivity contribution in [3.05, 3.63) is 28.3 Å². The van der Waals surface area contributed by atoms with Gasteiger partial charge in [0.2, 0.25) is 3.79 Å². The van der Waals surface area contributed by atoms with E-state index in [1.165, 1.54) is 44.3 Å². The molecule has 0 bridgehead atoms. The summed E-state index contributed by atoms with van der Waals surface area (Å²) in [5.74, 6) is 0.304. The maximum atomic E-state index is 11.8. The summed E-state index contributed by atoms with van der Waals surface area (Å²) in [7, 11) is 4.39. The molecule has 1 aromatic rings. The van der Waals surface area contributed by atoms with Crippen LogP contribution in [0, 0.1) is 10.1 Å². The van der Waals surface area contributed by atoms with Gasteiger partial charge >= 0.3 is 6.03 Å². The van der Waals surface area contributed by atoms with Crippen LogP contribution < -0.4 is 20.7 Å². The van der Waals surface area contributed by atoms with Crippen LogP contribution in [0.4, 0.5) is 16.2 Å². The number of ether oxygens (including phenoxy) is 1. The van der Waals surface area contributed by atoms with Crippen LogP contribution in [0.15, 0.2) is 18.2 Å². The first-order valence-corrected chi connectivity index (χ1v) is 8.44. The zero-order valence-electron chi connectivity index (χ0n) is 13.9. The van der Waals surface area contributed by atoms with Gasteiger partial charge in [-0.2, -0.15) is 0 Å². The number of hydrogen-bond donors (Lipinski definition) is 3. The number of nitro benzene ring substituents is 1. The quantitative estimate of drug-likeness (QED) is 0.211. The predicted molar refractivity (Wildman–Crippen MR) is 105 cm³/mol. The standard InChI is InChI=1S/C13H16Cl3N5O4S/c1-20(2)12(22)19-10(13(14,15)16)18-11(26)17-8-5-4-7(25-3)6-9(8)21(23)24/h4-6,10H,1-3H3,(H,19,22)(H2,17,18,26)/t10-/m0/s1. The molecule has 9 nitrogen and oxygen atoms in total. The van der Waals surface area contributed by atoms with E-state index in [1.54, 1.807) is 0 Å². The number of halogens is 3. The molecule has 0 aliphatic heterocycles. The van der Waals surface area contributed by atoms with Crippen molar-refractivity contribution in [2.45, 2.75) is 9.96 Å². The highest BCUT2D eigenvalue weighted by Gasteiger charge is 2.35. The summed E-state index contributed by atoms with van der Waals surface area (Å²) >= 11 is 22.6. The third-order valence-corrected chi connectivity index (χ3v) is 3.80. The fourth-order valence-corrected chi connectivity index (χ4v) is 2.19. The van der Waals surface area contributed by atoms with Gasteiger partial charge in [-0.3, -0.25) is 10.1 Å². The minimum atomic E-state index is -1.94. The molecule has 1 aromatic carbocycles. The SMILES string of the molecule is COc1ccc(NC(=S)N[C@@H](NC(=O)N(C)C)C(Cl)(Cl)Cl)c([N+](=O)[O-])c1. The fraction of sp³-hybridized carbons (Fsp3) is 0.385. The molecule has 1 atom stereocenters. The lowest BCUT2D eigenvalue weighted by atomic mass is 10.2. The van der Waals surface area contributed by atoms with Gasteiger partial charge in [-0.25, -0.2) is 4.79 Å². The number of carbonyl (C=O) groups excluding carboxylic acids is 1. The average Bonchev–Trinajstić information content (AvgIpc) is 2.53. The molecule has 0 heterocycles. The molecule has 0 aromatic heterocycles. The molecule has 3 N–H and O–H groups in total. The van der Waals surface area contributed by atoms with Crippen molar-refractivity contribution >= 4 is 69.5 Å². The first-order valence-electron chi connectivity index (χ1n) is 6.90. The lowest BCUT2D eigenvalue weighted by molar-refractivity contribution is -0.384. The number of hydrogen-bond acceptors (Lipinski definition) is 5. The van der Waals surface area contributed by atoms with Crippen molar-refractivity contribution in [2.75, 3.05) is 26.5 Å². The molecule has 2 amide bonds. The molecule has 0 saturated heterocycles. The number of carbonyl (C=O) groups is 1. The van der Waals surface area contributed by atoms with Gasteiger partial charge in [-0.15, -0.1) is 0 Å². The number of methoxy groups -OCH3 is 1. The number of urea groups is 1. The zero-order chi connectivity index (χ0) is 20.1. The number of nitrogens with one attached hydrogen (secondary N) is 3. The van der Waals surface area contributed by atoms with Gasteiger partial charge in [0.05, 0.1) is 18.1 Å². The van der Waals surface area contributed by atoms with Gasteiger partial charge in [0, 0.05) is 14.1 Å². The Bertz CT molecular complexity index is 699. The maximum Gasteiger partial charge on any atom is 0.318 e. The highest BCUT2D eigenvalue weighted by Crippen LogP contribution is 2.30. The molecular formula is C13H16Cl3N5O4S. The van der Waals surface area contributed by atoms with Gasteiger partial charge in [-0.1, -0.05) is 34.8 Å². The van der Waals surface area contributed by atoms with E-state index in [2.05, 4.69) is 16.0 Å². The number of amides is 2. The summed E-state index contributed by atoms with van der Waals surface area (Å²) in [6.07, 6.45) is -1.19. The molecule has 0 fully saturated rings. The number of nitrogens with zero attached hydrogens (tertiary/aromatic N) is 2. The number of rotatable bonds is 5. The highest BCUT2D eigenvalue weighted by atomic mass is 35.6. The van der Waals surface area contributed by atoms with E-state index in [9.17, 15) is 14.9 Å². The average molecular weight is 445 g/mol. The summed E-state index contributed by atoms with van der Waals surface area (Å²) in [5, 5.41) is 18.7. The largest absolute Gasteiger partial charge is 0.496 e. The van der Waals surface area contributed by atoms with Crippen molar-refractivity contribution in [3.8, 4) is 5.75 Å². The van der Waals surface area contributed by atoms with Crippen molar-refractivity contribution in [1.29, 1.82) is 0 Å². The Balaban J connectivity index is 2.95. The fourth-order valence-electron chi connectivity index (χ4n) is 1.64. The number of alkyl halides is 3. The van der Waals surface area contributed by atoms with Crippen LogP contribution >= 0.6 is 47.0 Å². The third-order valence-electron chi connectivity index (χ3n) is 2.93. The predicted octanol–water partition coefficient (Wildman–Crippen LogP) is 2.86. The lowest BCUT2D eigenvalue weighted by Gasteiger charge is -2.28. The number of nitro groups is 1. The summed E-state index contributed by atoms with van der Waals surface area (Å²) in [6, 6.07) is 3.61. The zero-order valence-corrected chi connectivity index (χ0v) is 17.0. The molecule has 26 heavy (non-hydrogen) atoms. The normalized spacial score (nSPS) is 11.9. The summed E-state index contributed by atoms with van der Waals surface area (Å²) < 4.78 is 3.01. The van der Waals surface area contributed by atoms with E-state index in [-0.39, 0.29) is 16.5 Å². The first-order chi connectivity index (χ1) is 12.0. The van der Waals surface area contributed by atoms with E-state index < -0.39 is 20.9 Å². The van der Waals surface area contributed by atoms with Crippen LogP contribution in [-0.4, -0.2) is 52.1 Å². The molecule has 0 aliphatic carbocycles. The van der Waals surface area contributed by atoms with Crippen LogP contribution in [0.1, 0.15) is 0 Å². The maximum absolute atomic E-state index is 11.8. The van der Waals surface area contributed by atoms with Gasteiger partial charge < -0.3 is 25.6 Å². The molecule has 0 unspecified atom stereocenters. The number of thiocarbonyl (C=S) groups is 1. The molecule has 13 heteroatoms. The second kappa shape index (κ2) is 9.26. The topological polar surface area (TPSA) is 109 Å². The van der Waals surface area contributed by atoms with Crippen molar-refractivity contribution in [3.63, 3.8) is 0 Å². The van der Waals surface area contributed by atoms with Gasteiger partial charge in [0.25, 0.3) is 5.69 Å². The van der Waals surface area contributed by atoms with E-state index in [1.807, 2.05) is 0 Å². The molecular weight excluding hydrogens is 429 g/mol. The van der Waals surface area contributed by atoms with E-state index in [0.717, 1.165) is 0 Å². The second-order valence-electron chi connectivity index (χ2n) is 5.06. The lowest BCUT2D eigenvalue weighted by Crippen LogP contribution is -2.57. The Labute approximate surface area is 170 Å². The van der Waals surface area contributed by atoms with Crippen molar-refractivity contribution < 1.29 is 14.5 Å². The van der Waals surface area contributed by atoms with Crippen LogP contribution in [0.2, 0.25) is 0 Å². The van der Waals surface area contributed by atoms with Crippen LogP contribution in [-0.2, 0) is 0 Å². The Morgan fingerprint density at radius 1 is 1.35 bits per heavy atom. The first kappa shape index (κ1) is 22.3. The molecule has 0 radical (unpaired) electrons. The van der Waals surface area contributed by atoms with Crippen LogP contribution in [0.5, 0.6) is 5.75 Å². The molecule has 1 rings (SSSR count). The summed E-state index contributed by atoms with van der Waals surface area (Å²) in [6.45, 7) is 0. The summed E-state index contributed by atoms with van der Waals surface area (Å²) in [5.41, 5.74) is -0.174. The van der Waals surface area contributed by atoms with Crippen LogP contribution in [0.25, 0.3) is 0 Å². The molecule has 144 valence electrons. The van der Waals surface area contributed by atoms with Gasteiger partial charge in [0.1, 0.15) is 11.4 Å². The minimum absolute atomic E-state index is 0.0929. The monoisotopic (exact) mass is 443 g/mol. The summed E-state index contributed by atoms with van der Waals surface area (Å²) in [4.78, 5) is 23.6. The molecule has 0 aliphatic rings. The van der Waals surface area contributed by atoms with Crippen molar-refractivity contribution in [1.82, 2.24) is 15.5 Å². The minimum Gasteiger partial charge on any atom is -0.496 e. The molecule has 0 saturated carbocycles. The Hall–Kier alpha value is -1.75. The van der Waals surface area contributed by atoms with E-state index in [4.69, 9.17) is 51.8 Å². The van der Waals surface area contributed by atoms with Gasteiger partial charge in [-0.05, 0) is 24.4 Å². The van der Waals surface area contributed by atoms with E-state index in [0.29, 0.717) is 5.75 Å². The highest BCUT2D eigenvalue weighted by molar-refractivity contribution is 7.80. The Morgan fingerprint density at radius 3 is 2.42 bits per heavy atom. The van der Waals surface area contributed by atoms with Gasteiger partial charge in [0.15, 0.2) is 11.3 Å². The number of anilines is 1. The Kier molecular flexibility index (Phi) is 7.94. The van der Waals surface area contributed by atoms with Crippen molar-refractivity contribution in [2.24, 2.45) is 0 Å². The smallest absolute Gasteiger partial charge is 0.318 e. The van der Waals surface area contributed by atoms with Crippen LogP contribution in [0.3, 0.4) is 0 Å². The molecule has 0 spiro atoms. The van der Waals surface area contributed by atoms with E-state index >= 15 is 0 Å². The Morgan fingerprint density at radius 2 is 1.96 bits per heavy atom. The third kappa shape index (κ3) is 6.52.